The van der Waals surface area contributed by atoms with Crippen molar-refractivity contribution in [2.45, 2.75) is 55.7 Å². The van der Waals surface area contributed by atoms with E-state index >= 15 is 0 Å². The van der Waals surface area contributed by atoms with Gasteiger partial charge in [-0.1, -0.05) is 72.7 Å². The topological polar surface area (TPSA) is 46.4 Å². The molecule has 2 aromatic rings. The van der Waals surface area contributed by atoms with Gasteiger partial charge >= 0.3 is 0 Å². The van der Waals surface area contributed by atoms with Crippen molar-refractivity contribution in [1.82, 2.24) is 4.31 Å². The standard InChI is InChI=1S/C23H25NO3S/c1-19-11-13-21(14-12-19)28(25,26)24-22-10-5-6-15-23(22,24)16-7-17-27-18-20-8-3-2-4-9-20/h2-4,8-9,11-14,22H,5-6,10,15,17-18H2,1H3. The summed E-state index contributed by atoms with van der Waals surface area (Å²) in [6.07, 6.45) is 3.74. The molecule has 1 saturated carbocycles. The van der Waals surface area contributed by atoms with Crippen molar-refractivity contribution in [3.8, 4) is 11.8 Å². The lowest BCUT2D eigenvalue weighted by Crippen LogP contribution is -2.23. The highest BCUT2D eigenvalue weighted by Gasteiger charge is 2.68. The maximum atomic E-state index is 13.2. The summed E-state index contributed by atoms with van der Waals surface area (Å²) in [6.45, 7) is 2.77. The van der Waals surface area contributed by atoms with Gasteiger partial charge in [0.1, 0.15) is 12.1 Å². The molecule has 0 bridgehead atoms. The normalized spacial score (nSPS) is 26.0. The van der Waals surface area contributed by atoms with Crippen molar-refractivity contribution in [3.63, 3.8) is 0 Å². The van der Waals surface area contributed by atoms with E-state index in [1.807, 2.05) is 49.4 Å². The Morgan fingerprint density at radius 1 is 1.11 bits per heavy atom. The van der Waals surface area contributed by atoms with E-state index in [-0.39, 0.29) is 6.04 Å². The monoisotopic (exact) mass is 395 g/mol. The van der Waals surface area contributed by atoms with E-state index in [1.54, 1.807) is 16.4 Å². The van der Waals surface area contributed by atoms with Gasteiger partial charge in [-0.2, -0.15) is 4.31 Å². The van der Waals surface area contributed by atoms with Crippen molar-refractivity contribution in [2.75, 3.05) is 6.61 Å². The first-order valence-corrected chi connectivity index (χ1v) is 11.2. The molecule has 0 radical (unpaired) electrons. The van der Waals surface area contributed by atoms with Gasteiger partial charge in [-0.3, -0.25) is 0 Å². The number of nitrogens with zero attached hydrogens (tertiary/aromatic N) is 1. The quantitative estimate of drug-likeness (QED) is 0.438. The molecule has 2 aliphatic rings. The van der Waals surface area contributed by atoms with Crippen LogP contribution < -0.4 is 0 Å². The second-order valence-corrected chi connectivity index (χ2v) is 9.39. The van der Waals surface area contributed by atoms with Crippen LogP contribution in [0.15, 0.2) is 59.5 Å². The van der Waals surface area contributed by atoms with Crippen LogP contribution in [0.4, 0.5) is 0 Å². The molecule has 28 heavy (non-hydrogen) atoms. The molecule has 5 heteroatoms. The minimum Gasteiger partial charge on any atom is -0.364 e. The molecule has 0 aromatic heterocycles. The summed E-state index contributed by atoms with van der Waals surface area (Å²) in [7, 11) is -3.52. The number of ether oxygens (including phenoxy) is 1. The first kappa shape index (κ1) is 19.2. The fraction of sp³-hybridized carbons (Fsp3) is 0.391. The number of sulfonamides is 1. The van der Waals surface area contributed by atoms with Crippen LogP contribution in [-0.4, -0.2) is 30.9 Å². The van der Waals surface area contributed by atoms with Crippen molar-refractivity contribution in [2.24, 2.45) is 0 Å². The second-order valence-electron chi connectivity index (χ2n) is 7.58. The van der Waals surface area contributed by atoms with Gasteiger partial charge in [0.2, 0.25) is 10.0 Å². The van der Waals surface area contributed by atoms with Gasteiger partial charge in [0.25, 0.3) is 0 Å². The third-order valence-electron chi connectivity index (χ3n) is 5.61. The molecule has 4 nitrogen and oxygen atoms in total. The van der Waals surface area contributed by atoms with Crippen molar-refractivity contribution in [3.05, 3.63) is 65.7 Å². The molecule has 1 aliphatic heterocycles. The highest BCUT2D eigenvalue weighted by atomic mass is 32.2. The molecule has 1 aliphatic carbocycles. The van der Waals surface area contributed by atoms with Crippen LogP contribution in [0.1, 0.15) is 36.8 Å². The zero-order chi connectivity index (χ0) is 19.6. The van der Waals surface area contributed by atoms with Crippen LogP contribution >= 0.6 is 0 Å². The Hall–Kier alpha value is -2.13. The molecular weight excluding hydrogens is 370 g/mol. The molecule has 0 N–H and O–H groups in total. The zero-order valence-electron chi connectivity index (χ0n) is 16.1. The van der Waals surface area contributed by atoms with E-state index in [1.165, 1.54) is 0 Å². The Balaban J connectivity index is 1.47. The zero-order valence-corrected chi connectivity index (χ0v) is 16.9. The highest BCUT2D eigenvalue weighted by Crippen LogP contribution is 2.54. The lowest BCUT2D eigenvalue weighted by molar-refractivity contribution is 0.153. The summed E-state index contributed by atoms with van der Waals surface area (Å²) >= 11 is 0. The van der Waals surface area contributed by atoms with Gasteiger partial charge in [0.15, 0.2) is 0 Å². The van der Waals surface area contributed by atoms with E-state index in [2.05, 4.69) is 11.8 Å². The molecule has 2 aromatic carbocycles. The van der Waals surface area contributed by atoms with Crippen LogP contribution in [-0.2, 0) is 21.4 Å². The third kappa shape index (κ3) is 3.60. The highest BCUT2D eigenvalue weighted by molar-refractivity contribution is 7.89. The van der Waals surface area contributed by atoms with Gasteiger partial charge in [-0.25, -0.2) is 8.42 Å². The summed E-state index contributed by atoms with van der Waals surface area (Å²) < 4.78 is 33.6. The number of hydrogen-bond donors (Lipinski definition) is 0. The Morgan fingerprint density at radius 2 is 1.86 bits per heavy atom. The van der Waals surface area contributed by atoms with Crippen LogP contribution in [0.2, 0.25) is 0 Å². The molecule has 2 fully saturated rings. The van der Waals surface area contributed by atoms with E-state index < -0.39 is 15.6 Å². The molecule has 1 heterocycles. The lowest BCUT2D eigenvalue weighted by Gasteiger charge is -2.14. The van der Waals surface area contributed by atoms with Gasteiger partial charge in [-0.15, -0.1) is 0 Å². The van der Waals surface area contributed by atoms with Crippen LogP contribution in [0, 0.1) is 18.8 Å². The van der Waals surface area contributed by atoms with E-state index in [9.17, 15) is 8.42 Å². The molecule has 0 amide bonds. The van der Waals surface area contributed by atoms with Crippen LogP contribution in [0.5, 0.6) is 0 Å². The van der Waals surface area contributed by atoms with Gasteiger partial charge in [0.05, 0.1) is 17.5 Å². The molecule has 0 spiro atoms. The van der Waals surface area contributed by atoms with Crippen molar-refractivity contribution in [1.29, 1.82) is 0 Å². The maximum Gasteiger partial charge on any atom is 0.244 e. The minimum atomic E-state index is -3.52. The average Bonchev–Trinajstić information content (AvgIpc) is 3.39. The number of rotatable bonds is 5. The predicted molar refractivity (Wildman–Crippen MR) is 109 cm³/mol. The van der Waals surface area contributed by atoms with E-state index in [0.29, 0.717) is 18.1 Å². The average molecular weight is 396 g/mol. The first-order chi connectivity index (χ1) is 13.5. The Labute approximate surface area is 167 Å². The maximum absolute atomic E-state index is 13.2. The van der Waals surface area contributed by atoms with E-state index in [4.69, 9.17) is 4.74 Å². The SMILES string of the molecule is Cc1ccc(S(=O)(=O)N2C3CCCCC32C#CCOCc2ccccc2)cc1. The number of aryl methyl sites for hydroxylation is 1. The Kier molecular flexibility index (Phi) is 5.29. The summed E-state index contributed by atoms with van der Waals surface area (Å²) in [4.78, 5) is 0.356. The van der Waals surface area contributed by atoms with Gasteiger partial charge in [-0.05, 0) is 37.5 Å². The Bertz CT molecular complexity index is 990. The number of benzene rings is 2. The summed E-state index contributed by atoms with van der Waals surface area (Å²) in [5.74, 6) is 6.36. The van der Waals surface area contributed by atoms with Crippen LogP contribution in [0.3, 0.4) is 0 Å². The fourth-order valence-electron chi connectivity index (χ4n) is 4.12. The number of hydrogen-bond acceptors (Lipinski definition) is 3. The van der Waals surface area contributed by atoms with Gasteiger partial charge < -0.3 is 4.74 Å². The molecule has 3 atom stereocenters. The first-order valence-electron chi connectivity index (χ1n) is 9.77. The predicted octanol–water partition coefficient (Wildman–Crippen LogP) is 3.90. The lowest BCUT2D eigenvalue weighted by atomic mass is 9.89. The number of fused-ring (bicyclic) bond motifs is 1. The molecule has 1 saturated heterocycles. The largest absolute Gasteiger partial charge is 0.364 e. The van der Waals surface area contributed by atoms with E-state index in [0.717, 1.165) is 36.8 Å². The molecule has 146 valence electrons. The summed E-state index contributed by atoms with van der Waals surface area (Å²) in [5.41, 5.74) is 1.61. The fourth-order valence-corrected chi connectivity index (χ4v) is 6.08. The molecule has 3 unspecified atom stereocenters. The summed E-state index contributed by atoms with van der Waals surface area (Å²) in [5, 5.41) is 0. The molecular formula is C23H25NO3S. The van der Waals surface area contributed by atoms with Crippen molar-refractivity contribution >= 4 is 10.0 Å². The molecule has 4 rings (SSSR count). The summed E-state index contributed by atoms with van der Waals surface area (Å²) in [6, 6.07) is 17.0. The third-order valence-corrected chi connectivity index (χ3v) is 7.58. The minimum absolute atomic E-state index is 0.00539. The van der Waals surface area contributed by atoms with Crippen LogP contribution in [0.25, 0.3) is 0 Å². The van der Waals surface area contributed by atoms with Crippen molar-refractivity contribution < 1.29 is 13.2 Å². The Morgan fingerprint density at radius 3 is 2.61 bits per heavy atom. The van der Waals surface area contributed by atoms with Gasteiger partial charge in [0, 0.05) is 0 Å². The second kappa shape index (κ2) is 7.71. The smallest absolute Gasteiger partial charge is 0.244 e.